The van der Waals surface area contributed by atoms with Crippen LogP contribution in [0.15, 0.2) is 303 Å². The Morgan fingerprint density at radius 1 is 0.200 bits per heavy atom. The van der Waals surface area contributed by atoms with E-state index in [0.29, 0.717) is 0 Å². The van der Waals surface area contributed by atoms with Crippen LogP contribution in [0.4, 0.5) is 17.1 Å². The standard InChI is InChI=1S/C76H50N4/c1-4-18-56(19-5-1)78-72-31-17-14-28-66(72)69-48-55(38-46-74(69)78)61-45-47-73(63-25-11-10-24-62(61)63)77(59-39-32-51(33-40-59)53-36-43-67-64-26-12-15-29-70(64)79(75(67)49-53)57-20-6-2-7-21-57)60-41-34-52(35-42-60)54-37-44-68-65-27-13-16-30-71(65)80(76(68)50-54)58-22-8-3-9-23-58/h1-50H. The number of para-hydroxylation sites is 6. The van der Waals surface area contributed by atoms with Crippen molar-refractivity contribution in [3.63, 3.8) is 0 Å². The molecule has 16 aromatic rings. The van der Waals surface area contributed by atoms with Crippen molar-refractivity contribution in [2.45, 2.75) is 0 Å². The fourth-order valence-electron chi connectivity index (χ4n) is 12.8. The van der Waals surface area contributed by atoms with E-state index in [9.17, 15) is 0 Å². The number of nitrogens with zero attached hydrogens (tertiary/aromatic N) is 4. The molecule has 0 aliphatic rings. The molecule has 80 heavy (non-hydrogen) atoms. The van der Waals surface area contributed by atoms with Gasteiger partial charge in [-0.2, -0.15) is 0 Å². The predicted octanol–water partition coefficient (Wildman–Crippen LogP) is 20.6. The van der Waals surface area contributed by atoms with Crippen LogP contribution in [-0.2, 0) is 0 Å². The van der Waals surface area contributed by atoms with Crippen LogP contribution in [0.2, 0.25) is 0 Å². The van der Waals surface area contributed by atoms with Crippen molar-refractivity contribution in [1.29, 1.82) is 0 Å². The van der Waals surface area contributed by atoms with Crippen molar-refractivity contribution in [2.24, 2.45) is 0 Å². The van der Waals surface area contributed by atoms with Gasteiger partial charge in [0.05, 0.1) is 38.8 Å². The molecule has 0 unspecified atom stereocenters. The molecule has 374 valence electrons. The van der Waals surface area contributed by atoms with Crippen LogP contribution >= 0.6 is 0 Å². The lowest BCUT2D eigenvalue weighted by atomic mass is 9.95. The first-order valence-corrected chi connectivity index (χ1v) is 27.5. The highest BCUT2D eigenvalue weighted by Crippen LogP contribution is 2.45. The van der Waals surface area contributed by atoms with Crippen molar-refractivity contribution in [3.8, 4) is 50.4 Å². The summed E-state index contributed by atoms with van der Waals surface area (Å²) in [6, 6.07) is 111. The van der Waals surface area contributed by atoms with Gasteiger partial charge in [-0.3, -0.25) is 0 Å². The minimum absolute atomic E-state index is 1.07. The van der Waals surface area contributed by atoms with Crippen LogP contribution in [-0.4, -0.2) is 13.7 Å². The normalized spacial score (nSPS) is 11.8. The fourth-order valence-corrected chi connectivity index (χ4v) is 12.8. The molecule has 4 nitrogen and oxygen atoms in total. The minimum atomic E-state index is 1.07. The quantitative estimate of drug-likeness (QED) is 0.141. The number of anilines is 3. The van der Waals surface area contributed by atoms with Gasteiger partial charge in [0.1, 0.15) is 0 Å². The third-order valence-corrected chi connectivity index (χ3v) is 16.4. The van der Waals surface area contributed by atoms with Crippen molar-refractivity contribution >= 4 is 93.3 Å². The third-order valence-electron chi connectivity index (χ3n) is 16.4. The molecular weight excluding hydrogens is 969 g/mol. The van der Waals surface area contributed by atoms with Gasteiger partial charge in [-0.1, -0.05) is 194 Å². The summed E-state index contributed by atoms with van der Waals surface area (Å²) >= 11 is 0. The van der Waals surface area contributed by atoms with Crippen LogP contribution in [0.25, 0.3) is 127 Å². The zero-order chi connectivity index (χ0) is 52.7. The van der Waals surface area contributed by atoms with Crippen molar-refractivity contribution < 1.29 is 0 Å². The van der Waals surface area contributed by atoms with E-state index >= 15 is 0 Å². The molecule has 16 rings (SSSR count). The van der Waals surface area contributed by atoms with Gasteiger partial charge in [0.25, 0.3) is 0 Å². The van der Waals surface area contributed by atoms with E-state index < -0.39 is 0 Å². The maximum Gasteiger partial charge on any atom is 0.0547 e. The Bertz CT molecular complexity index is 4830. The van der Waals surface area contributed by atoms with Crippen LogP contribution in [0.5, 0.6) is 0 Å². The summed E-state index contributed by atoms with van der Waals surface area (Å²) in [5.41, 5.74) is 20.9. The zero-order valence-corrected chi connectivity index (χ0v) is 43.7. The Morgan fingerprint density at radius 2 is 0.550 bits per heavy atom. The van der Waals surface area contributed by atoms with Gasteiger partial charge in [-0.25, -0.2) is 0 Å². The highest BCUT2D eigenvalue weighted by Gasteiger charge is 2.21. The molecule has 0 aliphatic heterocycles. The van der Waals surface area contributed by atoms with Gasteiger partial charge in [-0.05, 0) is 148 Å². The number of hydrogen-bond donors (Lipinski definition) is 0. The average molecular weight is 1020 g/mol. The Hall–Kier alpha value is -10.7. The van der Waals surface area contributed by atoms with Crippen LogP contribution in [0.1, 0.15) is 0 Å². The Labute approximate surface area is 463 Å². The van der Waals surface area contributed by atoms with Crippen molar-refractivity contribution in [3.05, 3.63) is 303 Å². The first-order valence-electron chi connectivity index (χ1n) is 27.5. The number of fused-ring (bicyclic) bond motifs is 10. The maximum atomic E-state index is 2.43. The predicted molar refractivity (Wildman–Crippen MR) is 338 cm³/mol. The van der Waals surface area contributed by atoms with Gasteiger partial charge in [0.15, 0.2) is 0 Å². The van der Waals surface area contributed by atoms with Gasteiger partial charge >= 0.3 is 0 Å². The third kappa shape index (κ3) is 7.31. The summed E-state index contributed by atoms with van der Waals surface area (Å²) in [6.45, 7) is 0. The Morgan fingerprint density at radius 3 is 1.02 bits per heavy atom. The van der Waals surface area contributed by atoms with E-state index in [-0.39, 0.29) is 0 Å². The highest BCUT2D eigenvalue weighted by atomic mass is 15.1. The SMILES string of the molecule is c1ccc(-n2c3ccccc3c3cc(-c4ccc(N(c5ccc(-c6ccc7c8ccccc8n(-c8ccccc8)c7c6)cc5)c5ccc(-c6ccc7c8ccccc8n(-c8ccccc8)c7c6)cc5)c5ccccc45)ccc32)cc1. The number of hydrogen-bond acceptors (Lipinski definition) is 1. The molecule has 13 aromatic carbocycles. The molecule has 0 fully saturated rings. The summed E-state index contributed by atoms with van der Waals surface area (Å²) in [5.74, 6) is 0. The number of benzene rings is 13. The molecule has 0 bridgehead atoms. The largest absolute Gasteiger partial charge is 0.310 e. The summed E-state index contributed by atoms with van der Waals surface area (Å²) in [7, 11) is 0. The molecule has 4 heteroatoms. The van der Waals surface area contributed by atoms with Crippen LogP contribution in [0, 0.1) is 0 Å². The molecule has 0 atom stereocenters. The molecule has 0 N–H and O–H groups in total. The lowest BCUT2D eigenvalue weighted by Gasteiger charge is -2.28. The van der Waals surface area contributed by atoms with Crippen LogP contribution < -0.4 is 4.90 Å². The fraction of sp³-hybridized carbons (Fsp3) is 0. The smallest absolute Gasteiger partial charge is 0.0547 e. The van der Waals surface area contributed by atoms with Gasteiger partial charge in [0.2, 0.25) is 0 Å². The second-order valence-electron chi connectivity index (χ2n) is 20.9. The Kier molecular flexibility index (Phi) is 10.5. The zero-order valence-electron chi connectivity index (χ0n) is 43.7. The summed E-state index contributed by atoms with van der Waals surface area (Å²) < 4.78 is 7.17. The molecule has 3 aromatic heterocycles. The molecule has 0 radical (unpaired) electrons. The van der Waals surface area contributed by atoms with Gasteiger partial charge < -0.3 is 18.6 Å². The van der Waals surface area contributed by atoms with E-state index in [1.54, 1.807) is 0 Å². The molecule has 0 saturated heterocycles. The van der Waals surface area contributed by atoms with Gasteiger partial charge in [0, 0.05) is 66.1 Å². The summed E-state index contributed by atoms with van der Waals surface area (Å²) in [5, 5.41) is 9.82. The molecule has 0 spiro atoms. The molecule has 3 heterocycles. The number of aromatic nitrogens is 3. The van der Waals surface area contributed by atoms with E-state index in [1.165, 1.54) is 98.4 Å². The molecular formula is C76H50N4. The van der Waals surface area contributed by atoms with Crippen LogP contribution in [0.3, 0.4) is 0 Å². The van der Waals surface area contributed by atoms with Crippen molar-refractivity contribution in [2.75, 3.05) is 4.90 Å². The monoisotopic (exact) mass is 1020 g/mol. The maximum absolute atomic E-state index is 2.43. The topological polar surface area (TPSA) is 18.0 Å². The van der Waals surface area contributed by atoms with E-state index in [0.717, 1.165) is 45.3 Å². The lowest BCUT2D eigenvalue weighted by Crippen LogP contribution is -2.10. The molecule has 0 aliphatic carbocycles. The highest BCUT2D eigenvalue weighted by molar-refractivity contribution is 6.14. The molecule has 0 amide bonds. The van der Waals surface area contributed by atoms with Crippen molar-refractivity contribution in [1.82, 2.24) is 13.7 Å². The van der Waals surface area contributed by atoms with Gasteiger partial charge in [-0.15, -0.1) is 0 Å². The Balaban J connectivity index is 0.834. The van der Waals surface area contributed by atoms with E-state index in [4.69, 9.17) is 0 Å². The number of rotatable bonds is 9. The first kappa shape index (κ1) is 45.5. The first-order chi connectivity index (χ1) is 39.7. The lowest BCUT2D eigenvalue weighted by molar-refractivity contribution is 1.18. The van der Waals surface area contributed by atoms with E-state index in [2.05, 4.69) is 322 Å². The molecule has 0 saturated carbocycles. The van der Waals surface area contributed by atoms with E-state index in [1.807, 2.05) is 0 Å². The summed E-state index contributed by atoms with van der Waals surface area (Å²) in [6.07, 6.45) is 0. The second-order valence-corrected chi connectivity index (χ2v) is 20.9. The average Bonchev–Trinajstić information content (AvgIpc) is 4.21. The second kappa shape index (κ2) is 18.5. The summed E-state index contributed by atoms with van der Waals surface area (Å²) in [4.78, 5) is 2.43. The minimum Gasteiger partial charge on any atom is -0.310 e.